The number of benzene rings is 1. The van der Waals surface area contributed by atoms with E-state index in [1.54, 1.807) is 6.07 Å². The average Bonchev–Trinajstić information content (AvgIpc) is 2.30. The zero-order valence-corrected chi connectivity index (χ0v) is 11.6. The molecule has 0 aliphatic heterocycles. The van der Waals surface area contributed by atoms with Crippen molar-refractivity contribution in [1.29, 1.82) is 0 Å². The van der Waals surface area contributed by atoms with E-state index in [1.165, 1.54) is 12.1 Å². The van der Waals surface area contributed by atoms with Gasteiger partial charge in [-0.25, -0.2) is 4.79 Å². The molecule has 0 aromatic heterocycles. The molecule has 0 amide bonds. The Kier molecular flexibility index (Phi) is 7.59. The topological polar surface area (TPSA) is 72.5 Å². The van der Waals surface area contributed by atoms with Crippen LogP contribution in [-0.4, -0.2) is 17.7 Å². The van der Waals surface area contributed by atoms with Crippen molar-refractivity contribution < 1.29 is 14.6 Å². The second-order valence-electron chi connectivity index (χ2n) is 4.13. The zero-order valence-electron chi connectivity index (χ0n) is 11.6. The van der Waals surface area contributed by atoms with E-state index < -0.39 is 5.97 Å². The molecule has 0 bridgehead atoms. The lowest BCUT2D eigenvalue weighted by molar-refractivity contribution is 0.0696. The van der Waals surface area contributed by atoms with Crippen molar-refractivity contribution >= 4 is 11.7 Å². The summed E-state index contributed by atoms with van der Waals surface area (Å²) < 4.78 is 5.45. The Morgan fingerprint density at radius 2 is 1.94 bits per heavy atom. The van der Waals surface area contributed by atoms with Crippen LogP contribution in [0.2, 0.25) is 0 Å². The first-order chi connectivity index (χ1) is 8.49. The van der Waals surface area contributed by atoms with Gasteiger partial charge in [0.1, 0.15) is 5.75 Å². The second kappa shape index (κ2) is 8.39. The van der Waals surface area contributed by atoms with Crippen LogP contribution in [0.3, 0.4) is 0 Å². The SMILES string of the molecule is CC.CC(C)CCOc1cc(N)cc(C(=O)O)c1. The largest absolute Gasteiger partial charge is 0.493 e. The summed E-state index contributed by atoms with van der Waals surface area (Å²) in [4.78, 5) is 10.8. The van der Waals surface area contributed by atoms with E-state index in [0.29, 0.717) is 24.0 Å². The maximum atomic E-state index is 10.8. The van der Waals surface area contributed by atoms with Crippen molar-refractivity contribution in [3.63, 3.8) is 0 Å². The van der Waals surface area contributed by atoms with Crippen molar-refractivity contribution in [1.82, 2.24) is 0 Å². The third-order valence-electron chi connectivity index (χ3n) is 2.14. The van der Waals surface area contributed by atoms with E-state index in [2.05, 4.69) is 13.8 Å². The van der Waals surface area contributed by atoms with E-state index in [0.717, 1.165) is 6.42 Å². The van der Waals surface area contributed by atoms with Crippen LogP contribution in [0.5, 0.6) is 5.75 Å². The van der Waals surface area contributed by atoms with Gasteiger partial charge in [-0.15, -0.1) is 0 Å². The van der Waals surface area contributed by atoms with Crippen LogP contribution in [0.15, 0.2) is 18.2 Å². The van der Waals surface area contributed by atoms with Crippen molar-refractivity contribution in [2.75, 3.05) is 12.3 Å². The molecule has 0 heterocycles. The van der Waals surface area contributed by atoms with Gasteiger partial charge < -0.3 is 15.6 Å². The monoisotopic (exact) mass is 253 g/mol. The smallest absolute Gasteiger partial charge is 0.335 e. The third-order valence-corrected chi connectivity index (χ3v) is 2.14. The lowest BCUT2D eigenvalue weighted by Gasteiger charge is -2.09. The van der Waals surface area contributed by atoms with Gasteiger partial charge >= 0.3 is 5.97 Å². The predicted molar refractivity (Wildman–Crippen MR) is 74.1 cm³/mol. The molecule has 1 aromatic rings. The number of nitrogens with two attached hydrogens (primary N) is 1. The number of hydrogen-bond donors (Lipinski definition) is 2. The molecule has 0 spiro atoms. The standard InChI is InChI=1S/C12H17NO3.C2H6/c1-8(2)3-4-16-11-6-9(12(14)15)5-10(13)7-11;1-2/h5-8H,3-4,13H2,1-2H3,(H,14,15);1-2H3. The number of ether oxygens (including phenoxy) is 1. The highest BCUT2D eigenvalue weighted by Gasteiger charge is 2.06. The zero-order chi connectivity index (χ0) is 14.1. The second-order valence-corrected chi connectivity index (χ2v) is 4.13. The van der Waals surface area contributed by atoms with Crippen molar-refractivity contribution in [3.05, 3.63) is 23.8 Å². The number of carbonyl (C=O) groups is 1. The normalized spacial score (nSPS) is 9.61. The number of anilines is 1. The van der Waals surface area contributed by atoms with Gasteiger partial charge in [-0.05, 0) is 24.5 Å². The molecule has 4 heteroatoms. The van der Waals surface area contributed by atoms with Crippen molar-refractivity contribution in [2.24, 2.45) is 5.92 Å². The summed E-state index contributed by atoms with van der Waals surface area (Å²) in [7, 11) is 0. The Bertz CT molecular complexity index is 375. The quantitative estimate of drug-likeness (QED) is 0.789. The van der Waals surface area contributed by atoms with Gasteiger partial charge in [0.25, 0.3) is 0 Å². The highest BCUT2D eigenvalue weighted by Crippen LogP contribution is 2.19. The number of hydrogen-bond acceptors (Lipinski definition) is 3. The molecular formula is C14H23NO3. The van der Waals surface area contributed by atoms with E-state index in [9.17, 15) is 4.79 Å². The van der Waals surface area contributed by atoms with Gasteiger partial charge in [0.2, 0.25) is 0 Å². The van der Waals surface area contributed by atoms with Gasteiger partial charge in [-0.3, -0.25) is 0 Å². The van der Waals surface area contributed by atoms with Gasteiger partial charge in [-0.1, -0.05) is 27.7 Å². The van der Waals surface area contributed by atoms with Crippen molar-refractivity contribution in [2.45, 2.75) is 34.1 Å². The number of rotatable bonds is 5. The first kappa shape index (κ1) is 16.3. The Hall–Kier alpha value is -1.71. The fourth-order valence-electron chi connectivity index (χ4n) is 1.24. The summed E-state index contributed by atoms with van der Waals surface area (Å²) in [6.07, 6.45) is 0.928. The van der Waals surface area contributed by atoms with E-state index in [1.807, 2.05) is 13.8 Å². The number of nitrogen functional groups attached to an aromatic ring is 1. The van der Waals surface area contributed by atoms with Gasteiger partial charge in [0.15, 0.2) is 0 Å². The molecule has 0 unspecified atom stereocenters. The first-order valence-corrected chi connectivity index (χ1v) is 6.25. The molecule has 4 nitrogen and oxygen atoms in total. The minimum absolute atomic E-state index is 0.152. The highest BCUT2D eigenvalue weighted by molar-refractivity contribution is 5.89. The van der Waals surface area contributed by atoms with Gasteiger partial charge in [0.05, 0.1) is 12.2 Å². The summed E-state index contributed by atoms with van der Waals surface area (Å²) in [5.74, 6) is 0.0686. The molecule has 0 aliphatic rings. The molecule has 0 saturated carbocycles. The number of carboxylic acids is 1. The third kappa shape index (κ3) is 6.13. The lowest BCUT2D eigenvalue weighted by Crippen LogP contribution is -2.04. The van der Waals surface area contributed by atoms with E-state index in [4.69, 9.17) is 15.6 Å². The van der Waals surface area contributed by atoms with Gasteiger partial charge in [0, 0.05) is 11.8 Å². The summed E-state index contributed by atoms with van der Waals surface area (Å²) >= 11 is 0. The number of aromatic carboxylic acids is 1. The Morgan fingerprint density at radius 1 is 1.33 bits per heavy atom. The Labute approximate surface area is 109 Å². The molecule has 1 rings (SSSR count). The van der Waals surface area contributed by atoms with Crippen LogP contribution >= 0.6 is 0 Å². The molecule has 1 aromatic carbocycles. The maximum absolute atomic E-state index is 10.8. The molecule has 0 radical (unpaired) electrons. The van der Waals surface area contributed by atoms with Gasteiger partial charge in [-0.2, -0.15) is 0 Å². The molecular weight excluding hydrogens is 230 g/mol. The van der Waals surface area contributed by atoms with Crippen LogP contribution in [-0.2, 0) is 0 Å². The highest BCUT2D eigenvalue weighted by atomic mass is 16.5. The maximum Gasteiger partial charge on any atom is 0.335 e. The van der Waals surface area contributed by atoms with Crippen LogP contribution in [0, 0.1) is 5.92 Å². The fraction of sp³-hybridized carbons (Fsp3) is 0.500. The number of carboxylic acid groups (broad SMARTS) is 1. The summed E-state index contributed by atoms with van der Waals surface area (Å²) in [6.45, 7) is 8.77. The molecule has 0 aliphatic carbocycles. The molecule has 0 fully saturated rings. The molecule has 3 N–H and O–H groups in total. The first-order valence-electron chi connectivity index (χ1n) is 6.25. The van der Waals surface area contributed by atoms with Crippen LogP contribution in [0.4, 0.5) is 5.69 Å². The van der Waals surface area contributed by atoms with Crippen molar-refractivity contribution in [3.8, 4) is 5.75 Å². The van der Waals surface area contributed by atoms with Crippen LogP contribution < -0.4 is 10.5 Å². The fourth-order valence-corrected chi connectivity index (χ4v) is 1.24. The lowest BCUT2D eigenvalue weighted by atomic mass is 10.1. The van der Waals surface area contributed by atoms with E-state index in [-0.39, 0.29) is 5.56 Å². The minimum Gasteiger partial charge on any atom is -0.493 e. The summed E-state index contributed by atoms with van der Waals surface area (Å²) in [6, 6.07) is 4.53. The predicted octanol–water partition coefficient (Wildman–Crippen LogP) is 3.42. The molecule has 0 atom stereocenters. The Balaban J connectivity index is 0.00000137. The van der Waals surface area contributed by atoms with Crippen LogP contribution in [0.1, 0.15) is 44.5 Å². The average molecular weight is 253 g/mol. The summed E-state index contributed by atoms with van der Waals surface area (Å²) in [5.41, 5.74) is 6.14. The molecule has 18 heavy (non-hydrogen) atoms. The molecule has 0 saturated heterocycles. The minimum atomic E-state index is -0.999. The van der Waals surface area contributed by atoms with Crippen LogP contribution in [0.25, 0.3) is 0 Å². The van der Waals surface area contributed by atoms with E-state index >= 15 is 0 Å². The molecule has 102 valence electrons. The summed E-state index contributed by atoms with van der Waals surface area (Å²) in [5, 5.41) is 8.84. The Morgan fingerprint density at radius 3 is 2.44 bits per heavy atom.